The van der Waals surface area contributed by atoms with E-state index in [1.807, 2.05) is 24.3 Å². The third-order valence-electron chi connectivity index (χ3n) is 5.72. The number of carbonyl (C=O) groups is 1. The molecule has 34 heavy (non-hydrogen) atoms. The summed E-state index contributed by atoms with van der Waals surface area (Å²) in [7, 11) is 0. The third kappa shape index (κ3) is 3.54. The lowest BCUT2D eigenvalue weighted by atomic mass is 9.94. The number of nitrogens with two attached hydrogens (primary N) is 2. The number of carbonyl (C=O) groups excluding carboxylic acids is 1. The molecule has 5 rings (SSSR count). The van der Waals surface area contributed by atoms with E-state index in [0.29, 0.717) is 38.9 Å². The molecule has 170 valence electrons. The highest BCUT2D eigenvalue weighted by molar-refractivity contribution is 7.21. The monoisotopic (exact) mass is 471 g/mol. The van der Waals surface area contributed by atoms with Crippen LogP contribution in [0.15, 0.2) is 42.5 Å². The molecule has 2 aromatic heterocycles. The molecule has 0 unspecified atom stereocenters. The van der Waals surface area contributed by atoms with E-state index in [-0.39, 0.29) is 28.7 Å². The van der Waals surface area contributed by atoms with Crippen LogP contribution in [0.2, 0.25) is 0 Å². The van der Waals surface area contributed by atoms with Crippen molar-refractivity contribution in [1.82, 2.24) is 4.98 Å². The lowest BCUT2D eigenvalue weighted by molar-refractivity contribution is 0.103. The summed E-state index contributed by atoms with van der Waals surface area (Å²) in [6, 6.07) is 15.2. The Balaban J connectivity index is 1.60. The Morgan fingerprint density at radius 3 is 2.59 bits per heavy atom. The van der Waals surface area contributed by atoms with Crippen LogP contribution in [0.5, 0.6) is 11.5 Å². The van der Waals surface area contributed by atoms with E-state index in [9.17, 15) is 10.1 Å². The normalized spacial score (nSPS) is 12.2. The van der Waals surface area contributed by atoms with E-state index >= 15 is 0 Å². The number of thiophene rings is 1. The topological polar surface area (TPSA) is 136 Å². The molecule has 0 fully saturated rings. The summed E-state index contributed by atoms with van der Waals surface area (Å²) in [6.07, 6.45) is 0. The highest BCUT2D eigenvalue weighted by Crippen LogP contribution is 2.43. The van der Waals surface area contributed by atoms with Gasteiger partial charge >= 0.3 is 0 Å². The number of hydrogen-bond acceptors (Lipinski definition) is 8. The van der Waals surface area contributed by atoms with Crippen molar-refractivity contribution in [2.75, 3.05) is 23.6 Å². The minimum atomic E-state index is -0.391. The van der Waals surface area contributed by atoms with Crippen molar-refractivity contribution in [3.63, 3.8) is 0 Å². The number of fused-ring (bicyclic) bond motifs is 2. The second-order valence-electron chi connectivity index (χ2n) is 8.18. The number of ether oxygens (including phenoxy) is 2. The highest BCUT2D eigenvalue weighted by Gasteiger charge is 2.25. The predicted molar refractivity (Wildman–Crippen MR) is 133 cm³/mol. The van der Waals surface area contributed by atoms with Gasteiger partial charge in [-0.05, 0) is 29.2 Å². The maximum Gasteiger partial charge on any atom is 0.267 e. The summed E-state index contributed by atoms with van der Waals surface area (Å²) in [4.78, 5) is 18.3. The number of pyridine rings is 1. The average Bonchev–Trinajstić information content (AvgIpc) is 3.42. The fraction of sp³-hybridized carbons (Fsp3) is 0.160. The molecule has 8 nitrogen and oxygen atoms in total. The van der Waals surface area contributed by atoms with Gasteiger partial charge in [0.25, 0.3) is 5.91 Å². The minimum Gasteiger partial charge on any atom is -0.454 e. The van der Waals surface area contributed by atoms with E-state index in [1.54, 1.807) is 18.2 Å². The smallest absolute Gasteiger partial charge is 0.267 e. The van der Waals surface area contributed by atoms with Gasteiger partial charge in [0.2, 0.25) is 6.79 Å². The van der Waals surface area contributed by atoms with Gasteiger partial charge in [-0.2, -0.15) is 5.26 Å². The van der Waals surface area contributed by atoms with Gasteiger partial charge in [-0.15, -0.1) is 11.3 Å². The van der Waals surface area contributed by atoms with Gasteiger partial charge in [0.15, 0.2) is 11.5 Å². The average molecular weight is 472 g/mol. The number of anilines is 3. The molecular formula is C25H21N5O3S. The zero-order valence-electron chi connectivity index (χ0n) is 18.5. The summed E-state index contributed by atoms with van der Waals surface area (Å²) in [5, 5.41) is 13.2. The van der Waals surface area contributed by atoms with E-state index in [4.69, 9.17) is 20.9 Å². The first kappa shape index (κ1) is 21.6. The zero-order chi connectivity index (χ0) is 24.0. The number of nitriles is 1. The Kier molecular flexibility index (Phi) is 5.23. The van der Waals surface area contributed by atoms with Crippen LogP contribution in [0.25, 0.3) is 21.3 Å². The van der Waals surface area contributed by atoms with Gasteiger partial charge in [-0.25, -0.2) is 4.98 Å². The molecule has 5 N–H and O–H groups in total. The molecular weight excluding hydrogens is 450 g/mol. The van der Waals surface area contributed by atoms with E-state index < -0.39 is 5.91 Å². The summed E-state index contributed by atoms with van der Waals surface area (Å²) >= 11 is 1.13. The molecule has 2 aromatic carbocycles. The van der Waals surface area contributed by atoms with E-state index in [1.165, 1.54) is 5.56 Å². The number of nitrogen functional groups attached to an aromatic ring is 2. The second kappa shape index (κ2) is 8.24. The van der Waals surface area contributed by atoms with Crippen LogP contribution < -0.4 is 26.3 Å². The van der Waals surface area contributed by atoms with Crippen LogP contribution in [0, 0.1) is 11.3 Å². The number of rotatable bonds is 4. The van der Waals surface area contributed by atoms with Crippen molar-refractivity contribution in [1.29, 1.82) is 5.26 Å². The van der Waals surface area contributed by atoms with Gasteiger partial charge in [0, 0.05) is 22.7 Å². The standard InChI is InChI=1S/C25H21N5O3S/c1-12(2)13-3-5-14(6-4-13)19-16(10-26)23(28)30-25-20(19)21(27)22(34-25)24(31)29-15-7-8-17-18(9-15)33-11-32-17/h3-9,12H,11,27H2,1-2H3,(H2,28,30)(H,29,31). The van der Waals surface area contributed by atoms with Crippen molar-refractivity contribution in [2.45, 2.75) is 19.8 Å². The van der Waals surface area contributed by atoms with E-state index in [0.717, 1.165) is 16.9 Å². The maximum absolute atomic E-state index is 13.1. The molecule has 1 amide bonds. The number of hydrogen-bond donors (Lipinski definition) is 3. The summed E-state index contributed by atoms with van der Waals surface area (Å²) in [5.41, 5.74) is 16.2. The van der Waals surface area contributed by atoms with Crippen LogP contribution in [0.4, 0.5) is 17.2 Å². The molecule has 0 saturated heterocycles. The van der Waals surface area contributed by atoms with Crippen LogP contribution in [-0.4, -0.2) is 17.7 Å². The molecule has 0 aliphatic carbocycles. The number of amides is 1. The molecule has 0 bridgehead atoms. The van der Waals surface area contributed by atoms with Gasteiger partial charge in [0.05, 0.1) is 5.69 Å². The third-order valence-corrected chi connectivity index (χ3v) is 6.82. The van der Waals surface area contributed by atoms with Crippen molar-refractivity contribution in [3.05, 3.63) is 58.5 Å². The number of nitrogens with zero attached hydrogens (tertiary/aromatic N) is 2. The Morgan fingerprint density at radius 1 is 1.15 bits per heavy atom. The van der Waals surface area contributed by atoms with Gasteiger partial charge in [0.1, 0.15) is 27.2 Å². The Hall–Kier alpha value is -4.29. The van der Waals surface area contributed by atoms with Gasteiger partial charge in [-0.3, -0.25) is 4.79 Å². The minimum absolute atomic E-state index is 0.0990. The number of aromatic nitrogens is 1. The Labute approximate surface area is 199 Å². The second-order valence-corrected chi connectivity index (χ2v) is 9.18. The SMILES string of the molecule is CC(C)c1ccc(-c2c(C#N)c(N)nc3sc(C(=O)Nc4ccc5c(c4)OCO5)c(N)c23)cc1. The molecule has 1 aliphatic heterocycles. The quantitative estimate of drug-likeness (QED) is 0.376. The zero-order valence-corrected chi connectivity index (χ0v) is 19.3. The fourth-order valence-corrected chi connectivity index (χ4v) is 4.94. The molecule has 0 spiro atoms. The predicted octanol–water partition coefficient (Wildman–Crippen LogP) is 5.10. The summed E-state index contributed by atoms with van der Waals surface area (Å²) in [5.74, 6) is 1.25. The number of benzene rings is 2. The maximum atomic E-state index is 13.1. The van der Waals surface area contributed by atoms with Crippen molar-refractivity contribution < 1.29 is 14.3 Å². The first-order valence-electron chi connectivity index (χ1n) is 10.6. The van der Waals surface area contributed by atoms with Crippen molar-refractivity contribution in [2.24, 2.45) is 0 Å². The lowest BCUT2D eigenvalue weighted by Crippen LogP contribution is -2.12. The molecule has 9 heteroatoms. The Morgan fingerprint density at radius 2 is 1.88 bits per heavy atom. The van der Waals surface area contributed by atoms with Gasteiger partial charge < -0.3 is 26.3 Å². The summed E-state index contributed by atoms with van der Waals surface area (Å²) < 4.78 is 10.7. The van der Waals surface area contributed by atoms with Crippen molar-refractivity contribution in [3.8, 4) is 28.7 Å². The first-order chi connectivity index (χ1) is 16.4. The van der Waals surface area contributed by atoms with Gasteiger partial charge in [-0.1, -0.05) is 38.1 Å². The van der Waals surface area contributed by atoms with Crippen LogP contribution in [0.1, 0.15) is 40.6 Å². The molecule has 0 radical (unpaired) electrons. The molecule has 4 aromatic rings. The first-order valence-corrected chi connectivity index (χ1v) is 11.4. The van der Waals surface area contributed by atoms with E-state index in [2.05, 4.69) is 30.2 Å². The number of nitrogens with one attached hydrogen (secondary N) is 1. The van der Waals surface area contributed by atoms with Crippen molar-refractivity contribution >= 4 is 44.7 Å². The Bertz CT molecular complexity index is 1490. The van der Waals surface area contributed by atoms with Crippen LogP contribution >= 0.6 is 11.3 Å². The fourth-order valence-electron chi connectivity index (χ4n) is 3.94. The molecule has 0 atom stereocenters. The molecule has 3 heterocycles. The largest absolute Gasteiger partial charge is 0.454 e. The van der Waals surface area contributed by atoms with Crippen LogP contribution in [-0.2, 0) is 0 Å². The summed E-state index contributed by atoms with van der Waals surface area (Å²) in [6.45, 7) is 4.37. The highest BCUT2D eigenvalue weighted by atomic mass is 32.1. The lowest BCUT2D eigenvalue weighted by Gasteiger charge is -2.11. The molecule has 1 aliphatic rings. The molecule has 0 saturated carbocycles. The van der Waals surface area contributed by atoms with Crippen LogP contribution in [0.3, 0.4) is 0 Å².